The molecule has 1 aliphatic rings. The van der Waals surface area contributed by atoms with Crippen molar-refractivity contribution in [3.63, 3.8) is 0 Å². The number of H-pyrrole nitrogens is 1. The van der Waals surface area contributed by atoms with E-state index in [4.69, 9.17) is 4.74 Å². The summed E-state index contributed by atoms with van der Waals surface area (Å²) in [6.07, 6.45) is 1.95. The number of carbonyl (C=O) groups excluding carboxylic acids is 1. The Morgan fingerprint density at radius 1 is 1.08 bits per heavy atom. The summed E-state index contributed by atoms with van der Waals surface area (Å²) in [4.78, 5) is 28.3. The second kappa shape index (κ2) is 11.0. The van der Waals surface area contributed by atoms with Gasteiger partial charge in [-0.2, -0.15) is 0 Å². The Hall–Kier alpha value is -3.91. The minimum Gasteiger partial charge on any atom is -0.492 e. The highest BCUT2D eigenvalue weighted by Crippen LogP contribution is 2.27. The van der Waals surface area contributed by atoms with Crippen molar-refractivity contribution < 1.29 is 9.53 Å². The third kappa shape index (κ3) is 6.09. The zero-order chi connectivity index (χ0) is 25.8. The predicted molar refractivity (Wildman–Crippen MR) is 147 cm³/mol. The van der Waals surface area contributed by atoms with Crippen LogP contribution in [0.3, 0.4) is 0 Å². The number of piperazine rings is 1. The van der Waals surface area contributed by atoms with E-state index in [0.29, 0.717) is 6.61 Å². The van der Waals surface area contributed by atoms with Gasteiger partial charge in [-0.05, 0) is 49.1 Å². The fraction of sp³-hybridized carbons (Fsp3) is 0.345. The van der Waals surface area contributed by atoms with E-state index in [9.17, 15) is 4.79 Å². The van der Waals surface area contributed by atoms with Gasteiger partial charge in [0.1, 0.15) is 24.0 Å². The zero-order valence-corrected chi connectivity index (χ0v) is 21.7. The van der Waals surface area contributed by atoms with E-state index in [-0.39, 0.29) is 11.9 Å². The number of aromatic amines is 1. The van der Waals surface area contributed by atoms with Crippen molar-refractivity contribution in [3.05, 3.63) is 72.2 Å². The Balaban J connectivity index is 1.20. The largest absolute Gasteiger partial charge is 0.492 e. The van der Waals surface area contributed by atoms with Crippen LogP contribution in [0.4, 0.5) is 5.82 Å². The molecule has 2 aromatic carbocycles. The van der Waals surface area contributed by atoms with Crippen LogP contribution in [-0.4, -0.2) is 70.0 Å². The lowest BCUT2D eigenvalue weighted by Gasteiger charge is -2.34. The topological polar surface area (TPSA) is 86.4 Å². The molecule has 0 spiro atoms. The molecule has 2 N–H and O–H groups in total. The number of anilines is 1. The highest BCUT2D eigenvalue weighted by molar-refractivity contribution is 5.84. The molecule has 1 amide bonds. The van der Waals surface area contributed by atoms with Crippen LogP contribution in [0.1, 0.15) is 31.3 Å². The van der Waals surface area contributed by atoms with Gasteiger partial charge in [-0.1, -0.05) is 24.3 Å². The molecule has 37 heavy (non-hydrogen) atoms. The van der Waals surface area contributed by atoms with Crippen LogP contribution in [-0.2, 0) is 4.79 Å². The van der Waals surface area contributed by atoms with Crippen LogP contribution in [0.25, 0.3) is 22.2 Å². The summed E-state index contributed by atoms with van der Waals surface area (Å²) in [6.45, 7) is 10.5. The summed E-state index contributed by atoms with van der Waals surface area (Å²) in [7, 11) is 0. The molecule has 3 heterocycles. The molecule has 8 nitrogen and oxygen atoms in total. The van der Waals surface area contributed by atoms with Crippen LogP contribution in [0, 0.1) is 6.92 Å². The zero-order valence-electron chi connectivity index (χ0n) is 21.7. The molecule has 1 saturated heterocycles. The first-order valence-electron chi connectivity index (χ1n) is 12.8. The van der Waals surface area contributed by atoms with E-state index in [1.165, 1.54) is 5.39 Å². The van der Waals surface area contributed by atoms with Crippen molar-refractivity contribution in [2.75, 3.05) is 44.6 Å². The molecule has 192 valence electrons. The van der Waals surface area contributed by atoms with Gasteiger partial charge in [-0.25, -0.2) is 9.97 Å². The molecule has 5 rings (SSSR count). The molecular weight excluding hydrogens is 464 g/mol. The number of hydrogen-bond donors (Lipinski definition) is 2. The van der Waals surface area contributed by atoms with Gasteiger partial charge >= 0.3 is 0 Å². The number of nitrogens with one attached hydrogen (secondary N) is 2. The molecular formula is C29H34N6O2. The van der Waals surface area contributed by atoms with Gasteiger partial charge in [0, 0.05) is 63.0 Å². The first-order valence-corrected chi connectivity index (χ1v) is 12.8. The number of aromatic nitrogens is 3. The van der Waals surface area contributed by atoms with Crippen LogP contribution in [0.2, 0.25) is 0 Å². The van der Waals surface area contributed by atoms with Gasteiger partial charge in [-0.15, -0.1) is 0 Å². The Morgan fingerprint density at radius 2 is 1.92 bits per heavy atom. The smallest absolute Gasteiger partial charge is 0.219 e. The minimum absolute atomic E-state index is 0.0382. The molecule has 4 aromatic rings. The molecule has 0 saturated carbocycles. The summed E-state index contributed by atoms with van der Waals surface area (Å²) < 4.78 is 6.07. The molecule has 0 radical (unpaired) electrons. The molecule has 1 fully saturated rings. The fourth-order valence-electron chi connectivity index (χ4n) is 4.75. The van der Waals surface area contributed by atoms with E-state index in [1.54, 1.807) is 6.92 Å². The number of hydrogen-bond acceptors (Lipinski definition) is 6. The minimum atomic E-state index is 0.0382. The second-order valence-electron chi connectivity index (χ2n) is 9.60. The maximum absolute atomic E-state index is 11.5. The second-order valence-corrected chi connectivity index (χ2v) is 9.60. The summed E-state index contributed by atoms with van der Waals surface area (Å²) in [5, 5.41) is 4.71. The van der Waals surface area contributed by atoms with Crippen molar-refractivity contribution in [1.29, 1.82) is 0 Å². The molecule has 0 aliphatic carbocycles. The van der Waals surface area contributed by atoms with Crippen molar-refractivity contribution in [1.82, 2.24) is 24.8 Å². The number of carbonyl (C=O) groups is 1. The van der Waals surface area contributed by atoms with Gasteiger partial charge in [0.05, 0.1) is 11.7 Å². The quantitative estimate of drug-likeness (QED) is 0.368. The van der Waals surface area contributed by atoms with Crippen LogP contribution < -0.4 is 10.1 Å². The Morgan fingerprint density at radius 3 is 2.73 bits per heavy atom. The van der Waals surface area contributed by atoms with E-state index in [2.05, 4.69) is 68.5 Å². The first kappa shape index (κ1) is 24.8. The molecule has 8 heteroatoms. The Kier molecular flexibility index (Phi) is 7.37. The summed E-state index contributed by atoms with van der Waals surface area (Å²) in [5.74, 6) is 2.52. The number of aryl methyl sites for hydroxylation is 1. The van der Waals surface area contributed by atoms with E-state index in [0.717, 1.165) is 72.5 Å². The number of nitrogens with zero attached hydrogens (tertiary/aromatic N) is 4. The lowest BCUT2D eigenvalue weighted by Crippen LogP contribution is -2.48. The van der Waals surface area contributed by atoms with Crippen molar-refractivity contribution in [2.24, 2.45) is 0 Å². The predicted octanol–water partition coefficient (Wildman–Crippen LogP) is 4.65. The third-order valence-electron chi connectivity index (χ3n) is 6.91. The Bertz CT molecular complexity index is 1380. The van der Waals surface area contributed by atoms with E-state index in [1.807, 2.05) is 36.2 Å². The standard InChI is InChI=1S/C29H34N6O2/c1-20(24-5-4-6-26(17-24)37-16-15-34-11-13-35(14-12-34)22(3)36)31-29-19-28(32-21(2)33-29)25-8-7-23-9-10-30-27(23)18-25/h4-10,17-20,30H,11-16H2,1-3H3,(H,31,32,33). The fourth-order valence-corrected chi connectivity index (χ4v) is 4.75. The van der Waals surface area contributed by atoms with Crippen LogP contribution in [0.15, 0.2) is 60.8 Å². The molecule has 2 aromatic heterocycles. The molecule has 1 aliphatic heterocycles. The van der Waals surface area contributed by atoms with Gasteiger partial charge in [-0.3, -0.25) is 9.69 Å². The number of fused-ring (bicyclic) bond motifs is 1. The molecule has 0 bridgehead atoms. The normalized spacial score (nSPS) is 15.1. The summed E-state index contributed by atoms with van der Waals surface area (Å²) >= 11 is 0. The SMILES string of the molecule is CC(=O)N1CCN(CCOc2cccc(C(C)Nc3cc(-c4ccc5cc[nH]c5c4)nc(C)n3)c2)CC1. The average molecular weight is 499 g/mol. The lowest BCUT2D eigenvalue weighted by molar-refractivity contribution is -0.130. The number of rotatable bonds is 8. The maximum atomic E-state index is 11.5. The van der Waals surface area contributed by atoms with E-state index >= 15 is 0 Å². The average Bonchev–Trinajstić information content (AvgIpc) is 3.37. The van der Waals surface area contributed by atoms with Gasteiger partial charge < -0.3 is 19.9 Å². The summed E-state index contributed by atoms with van der Waals surface area (Å²) in [6, 6.07) is 18.6. The van der Waals surface area contributed by atoms with E-state index < -0.39 is 0 Å². The maximum Gasteiger partial charge on any atom is 0.219 e. The first-order chi connectivity index (χ1) is 17.9. The van der Waals surface area contributed by atoms with Crippen molar-refractivity contribution in [2.45, 2.75) is 26.8 Å². The highest BCUT2D eigenvalue weighted by Gasteiger charge is 2.18. The van der Waals surface area contributed by atoms with Gasteiger partial charge in [0.25, 0.3) is 0 Å². The van der Waals surface area contributed by atoms with Gasteiger partial charge in [0.15, 0.2) is 0 Å². The highest BCUT2D eigenvalue weighted by atomic mass is 16.5. The molecule has 1 atom stereocenters. The summed E-state index contributed by atoms with van der Waals surface area (Å²) in [5.41, 5.74) is 4.15. The number of amides is 1. The Labute approximate surface area is 217 Å². The molecule has 1 unspecified atom stereocenters. The van der Waals surface area contributed by atoms with Gasteiger partial charge in [0.2, 0.25) is 5.91 Å². The lowest BCUT2D eigenvalue weighted by atomic mass is 10.1. The third-order valence-corrected chi connectivity index (χ3v) is 6.91. The monoisotopic (exact) mass is 498 g/mol. The number of benzene rings is 2. The number of ether oxygens (including phenoxy) is 1. The van der Waals surface area contributed by atoms with Crippen LogP contribution in [0.5, 0.6) is 5.75 Å². The van der Waals surface area contributed by atoms with Crippen molar-refractivity contribution >= 4 is 22.6 Å². The van der Waals surface area contributed by atoms with Crippen molar-refractivity contribution in [3.8, 4) is 17.0 Å². The van der Waals surface area contributed by atoms with Crippen LogP contribution >= 0.6 is 0 Å².